The van der Waals surface area contributed by atoms with Gasteiger partial charge in [-0.15, -0.1) is 11.8 Å². The van der Waals surface area contributed by atoms with E-state index in [1.54, 1.807) is 0 Å². The maximum atomic E-state index is 13.1. The Balaban J connectivity index is 3.23. The lowest BCUT2D eigenvalue weighted by Gasteiger charge is -2.19. The van der Waals surface area contributed by atoms with Crippen LogP contribution in [0.5, 0.6) is 0 Å². The SMILES string of the molecule is Cc1cc(C)c(SCC(F)(F)F)cc1/N=C(\N)C(F)(F)C(F)(F)F. The number of benzene rings is 1. The van der Waals surface area contributed by atoms with Crippen molar-refractivity contribution in [2.75, 3.05) is 5.75 Å². The number of alkyl halides is 8. The van der Waals surface area contributed by atoms with Crippen LogP contribution in [0.3, 0.4) is 0 Å². The lowest BCUT2D eigenvalue weighted by Crippen LogP contribution is -2.48. The van der Waals surface area contributed by atoms with Gasteiger partial charge in [0.2, 0.25) is 0 Å². The number of hydrogen-bond acceptors (Lipinski definition) is 2. The molecule has 2 nitrogen and oxygen atoms in total. The van der Waals surface area contributed by atoms with E-state index >= 15 is 0 Å². The van der Waals surface area contributed by atoms with Crippen molar-refractivity contribution in [1.29, 1.82) is 0 Å². The summed E-state index contributed by atoms with van der Waals surface area (Å²) in [5, 5.41) is 0. The fourth-order valence-electron chi connectivity index (χ4n) is 1.60. The third-order valence-electron chi connectivity index (χ3n) is 2.80. The van der Waals surface area contributed by atoms with Crippen molar-refractivity contribution >= 4 is 23.3 Å². The van der Waals surface area contributed by atoms with E-state index in [0.29, 0.717) is 17.3 Å². The Labute approximate surface area is 136 Å². The first-order valence-electron chi connectivity index (χ1n) is 6.25. The average Bonchev–Trinajstić information content (AvgIpc) is 2.37. The normalized spacial score (nSPS) is 14.2. The number of thioether (sulfide) groups is 1. The van der Waals surface area contributed by atoms with E-state index in [0.717, 1.165) is 6.07 Å². The van der Waals surface area contributed by atoms with Crippen LogP contribution >= 0.6 is 11.8 Å². The molecule has 0 saturated carbocycles. The van der Waals surface area contributed by atoms with Crippen molar-refractivity contribution in [2.24, 2.45) is 10.7 Å². The van der Waals surface area contributed by atoms with Gasteiger partial charge in [0.25, 0.3) is 0 Å². The van der Waals surface area contributed by atoms with E-state index in [4.69, 9.17) is 5.73 Å². The number of hydrogen-bond donors (Lipinski definition) is 1. The molecule has 0 unspecified atom stereocenters. The second-order valence-corrected chi connectivity index (χ2v) is 5.89. The molecule has 24 heavy (non-hydrogen) atoms. The van der Waals surface area contributed by atoms with E-state index in [9.17, 15) is 35.1 Å². The summed E-state index contributed by atoms with van der Waals surface area (Å²) < 4.78 is 99.7. The monoisotopic (exact) mass is 380 g/mol. The van der Waals surface area contributed by atoms with Gasteiger partial charge in [0, 0.05) is 4.90 Å². The minimum absolute atomic E-state index is 0.0554. The molecule has 0 saturated heterocycles. The third-order valence-corrected chi connectivity index (χ3v) is 4.03. The summed E-state index contributed by atoms with van der Waals surface area (Å²) in [6.45, 7) is 2.84. The molecule has 0 heterocycles. The van der Waals surface area contributed by atoms with Gasteiger partial charge in [0.05, 0.1) is 11.4 Å². The minimum atomic E-state index is -5.92. The highest BCUT2D eigenvalue weighted by Gasteiger charge is 2.60. The summed E-state index contributed by atoms with van der Waals surface area (Å²) in [6, 6.07) is 2.33. The number of rotatable bonds is 4. The number of nitrogens with zero attached hydrogens (tertiary/aromatic N) is 1. The Hall–Kier alpha value is -1.52. The Bertz CT molecular complexity index is 634. The van der Waals surface area contributed by atoms with Gasteiger partial charge in [0.1, 0.15) is 0 Å². The predicted octanol–water partition coefficient (Wildman–Crippen LogP) is 5.14. The van der Waals surface area contributed by atoms with Gasteiger partial charge in [-0.3, -0.25) is 0 Å². The van der Waals surface area contributed by atoms with E-state index in [-0.39, 0.29) is 16.1 Å². The van der Waals surface area contributed by atoms with Crippen molar-refractivity contribution < 1.29 is 35.1 Å². The highest BCUT2D eigenvalue weighted by Crippen LogP contribution is 2.38. The fourth-order valence-corrected chi connectivity index (χ4v) is 2.40. The summed E-state index contributed by atoms with van der Waals surface area (Å²) >= 11 is 0.372. The van der Waals surface area contributed by atoms with Gasteiger partial charge in [-0.25, -0.2) is 4.99 Å². The first-order chi connectivity index (χ1) is 10.6. The van der Waals surface area contributed by atoms with Crippen molar-refractivity contribution in [3.05, 3.63) is 23.3 Å². The van der Waals surface area contributed by atoms with E-state index < -0.39 is 29.9 Å². The molecular weight excluding hydrogens is 368 g/mol. The van der Waals surface area contributed by atoms with Crippen LogP contribution in [-0.2, 0) is 0 Å². The maximum absolute atomic E-state index is 13.1. The molecule has 0 spiro atoms. The van der Waals surface area contributed by atoms with Gasteiger partial charge in [0.15, 0.2) is 5.84 Å². The van der Waals surface area contributed by atoms with Crippen LogP contribution in [0.4, 0.5) is 40.8 Å². The zero-order valence-corrected chi connectivity index (χ0v) is 13.1. The zero-order valence-electron chi connectivity index (χ0n) is 12.3. The van der Waals surface area contributed by atoms with Gasteiger partial charge in [-0.1, -0.05) is 6.07 Å². The van der Waals surface area contributed by atoms with Gasteiger partial charge in [-0.2, -0.15) is 35.1 Å². The van der Waals surface area contributed by atoms with E-state index in [1.807, 2.05) is 0 Å². The van der Waals surface area contributed by atoms with Crippen molar-refractivity contribution in [3.63, 3.8) is 0 Å². The molecule has 0 fully saturated rings. The number of aryl methyl sites for hydroxylation is 2. The summed E-state index contributed by atoms with van der Waals surface area (Å²) in [6.07, 6.45) is -10.4. The first-order valence-corrected chi connectivity index (χ1v) is 7.23. The minimum Gasteiger partial charge on any atom is -0.382 e. The standard InChI is InChI=1S/C13H12F8N2S/c1-6-3-7(2)9(24-5-11(14,15)16)4-8(6)23-10(22)12(17,18)13(19,20)21/h3-4H,5H2,1-2H3,(H2,22,23). The van der Waals surface area contributed by atoms with Crippen LogP contribution in [0.15, 0.2) is 22.0 Å². The molecule has 136 valence electrons. The Morgan fingerprint density at radius 3 is 2.00 bits per heavy atom. The highest BCUT2D eigenvalue weighted by molar-refractivity contribution is 7.99. The second kappa shape index (κ2) is 6.77. The molecule has 1 rings (SSSR count). The highest BCUT2D eigenvalue weighted by atomic mass is 32.2. The Morgan fingerprint density at radius 1 is 1.00 bits per heavy atom. The van der Waals surface area contributed by atoms with Crippen molar-refractivity contribution in [3.8, 4) is 0 Å². The van der Waals surface area contributed by atoms with Gasteiger partial charge >= 0.3 is 18.3 Å². The van der Waals surface area contributed by atoms with Crippen LogP contribution in [0.1, 0.15) is 11.1 Å². The molecule has 0 aliphatic heterocycles. The van der Waals surface area contributed by atoms with Crippen LogP contribution < -0.4 is 5.73 Å². The molecule has 0 aliphatic carbocycles. The average molecular weight is 380 g/mol. The lowest BCUT2D eigenvalue weighted by atomic mass is 10.1. The van der Waals surface area contributed by atoms with Crippen LogP contribution in [0.2, 0.25) is 0 Å². The van der Waals surface area contributed by atoms with Crippen molar-refractivity contribution in [2.45, 2.75) is 37.0 Å². The molecule has 1 aromatic rings. The van der Waals surface area contributed by atoms with Crippen molar-refractivity contribution in [1.82, 2.24) is 0 Å². The molecule has 0 aromatic heterocycles. The molecule has 2 N–H and O–H groups in total. The first kappa shape index (κ1) is 20.5. The molecular formula is C13H12F8N2S. The summed E-state index contributed by atoms with van der Waals surface area (Å²) in [4.78, 5) is 3.13. The lowest BCUT2D eigenvalue weighted by molar-refractivity contribution is -0.249. The third kappa shape index (κ3) is 4.99. The number of aliphatic imine (C=N–C) groups is 1. The molecule has 0 atom stereocenters. The van der Waals surface area contributed by atoms with Gasteiger partial charge < -0.3 is 5.73 Å². The molecule has 1 aromatic carbocycles. The number of halogens is 8. The second-order valence-electron chi connectivity index (χ2n) is 4.88. The molecule has 0 amide bonds. The Kier molecular flexibility index (Phi) is 5.79. The van der Waals surface area contributed by atoms with E-state index in [1.165, 1.54) is 19.9 Å². The summed E-state index contributed by atoms with van der Waals surface area (Å²) in [5.74, 6) is -8.56. The summed E-state index contributed by atoms with van der Waals surface area (Å²) in [7, 11) is 0. The molecule has 11 heteroatoms. The molecule has 0 radical (unpaired) electrons. The van der Waals surface area contributed by atoms with Crippen LogP contribution in [-0.4, -0.2) is 29.9 Å². The van der Waals surface area contributed by atoms with E-state index in [2.05, 4.69) is 4.99 Å². The molecule has 0 bridgehead atoms. The predicted molar refractivity (Wildman–Crippen MR) is 75.0 cm³/mol. The van der Waals surface area contributed by atoms with Crippen LogP contribution in [0.25, 0.3) is 0 Å². The Morgan fingerprint density at radius 2 is 1.54 bits per heavy atom. The quantitative estimate of drug-likeness (QED) is 0.340. The molecule has 0 aliphatic rings. The summed E-state index contributed by atoms with van der Waals surface area (Å²) in [5.41, 5.74) is 5.01. The largest absolute Gasteiger partial charge is 0.461 e. The topological polar surface area (TPSA) is 38.4 Å². The van der Waals surface area contributed by atoms with Crippen LogP contribution in [0, 0.1) is 13.8 Å². The number of amidine groups is 1. The van der Waals surface area contributed by atoms with Gasteiger partial charge in [-0.05, 0) is 31.0 Å². The zero-order chi connectivity index (χ0) is 18.9. The fraction of sp³-hybridized carbons (Fsp3) is 0.462. The maximum Gasteiger partial charge on any atom is 0.461 e. The smallest absolute Gasteiger partial charge is 0.382 e. The number of nitrogens with two attached hydrogens (primary N) is 1.